The summed E-state index contributed by atoms with van der Waals surface area (Å²) >= 11 is 5.77. The van der Waals surface area contributed by atoms with Gasteiger partial charge in [0.2, 0.25) is 0 Å². The van der Waals surface area contributed by atoms with E-state index in [4.69, 9.17) is 30.3 Å². The van der Waals surface area contributed by atoms with Crippen molar-refractivity contribution >= 4 is 41.1 Å². The Morgan fingerprint density at radius 3 is 2.76 bits per heavy atom. The highest BCUT2D eigenvalue weighted by atomic mass is 32.5. The molecule has 2 aromatic rings. The summed E-state index contributed by atoms with van der Waals surface area (Å²) in [5.74, 6) is -0.322. The van der Waals surface area contributed by atoms with Gasteiger partial charge in [0.1, 0.15) is 35.4 Å². The van der Waals surface area contributed by atoms with Crippen LogP contribution >= 0.6 is 6.64 Å². The third-order valence-corrected chi connectivity index (χ3v) is 8.74. The van der Waals surface area contributed by atoms with Gasteiger partial charge in [-0.15, -0.1) is 0 Å². The van der Waals surface area contributed by atoms with E-state index in [1.165, 1.54) is 31.2 Å². The number of nitrogens with zero attached hydrogens (tertiary/aromatic N) is 1. The average molecular weight is 564 g/mol. The van der Waals surface area contributed by atoms with Gasteiger partial charge in [-0.3, -0.25) is 9.59 Å². The Balaban J connectivity index is 1.57. The Bertz CT molecular complexity index is 1310. The maximum atomic E-state index is 12.2. The second kappa shape index (κ2) is 11.1. The monoisotopic (exact) mass is 563 g/mol. The molecular weight excluding hydrogens is 533 g/mol. The molecule has 2 aliphatic rings. The highest BCUT2D eigenvalue weighted by Crippen LogP contribution is 2.48. The fourth-order valence-electron chi connectivity index (χ4n) is 4.22. The Kier molecular flexibility index (Phi) is 8.24. The molecule has 1 fully saturated rings. The van der Waals surface area contributed by atoms with E-state index in [1.54, 1.807) is 13.0 Å². The van der Waals surface area contributed by atoms with Gasteiger partial charge < -0.3 is 39.0 Å². The summed E-state index contributed by atoms with van der Waals surface area (Å²) in [4.78, 5) is 25.2. The lowest BCUT2D eigenvalue weighted by Gasteiger charge is -2.37. The van der Waals surface area contributed by atoms with Crippen LogP contribution in [0.2, 0.25) is 0 Å². The molecule has 204 valence electrons. The van der Waals surface area contributed by atoms with Crippen LogP contribution in [0.4, 0.5) is 0 Å². The predicted octanol–water partition coefficient (Wildman–Crippen LogP) is 1.86. The van der Waals surface area contributed by atoms with Crippen LogP contribution in [-0.4, -0.2) is 70.8 Å². The summed E-state index contributed by atoms with van der Waals surface area (Å²) < 4.78 is 23.0. The van der Waals surface area contributed by atoms with Gasteiger partial charge >= 0.3 is 12.6 Å². The lowest BCUT2D eigenvalue weighted by Crippen LogP contribution is -2.53. The molecule has 6 atom stereocenters. The molecule has 2 heterocycles. The molecular formula is C25H30N3O8PS. The summed E-state index contributed by atoms with van der Waals surface area (Å²) in [6.07, 6.45) is -0.869. The molecule has 38 heavy (non-hydrogen) atoms. The number of carbonyl (C=O) groups excluding carboxylic acids is 2. The summed E-state index contributed by atoms with van der Waals surface area (Å²) in [5, 5.41) is 29.2. The lowest BCUT2D eigenvalue weighted by molar-refractivity contribution is -0.142. The number of aliphatic hydroxyl groups is 2. The molecule has 2 aliphatic heterocycles. The zero-order valence-electron chi connectivity index (χ0n) is 21.1. The molecule has 0 spiro atoms. The van der Waals surface area contributed by atoms with E-state index in [9.17, 15) is 19.8 Å². The summed E-state index contributed by atoms with van der Waals surface area (Å²) in [6, 6.07) is 12.2. The zero-order chi connectivity index (χ0) is 27.7. The number of hydrogen-bond acceptors (Lipinski definition) is 10. The average Bonchev–Trinajstić information content (AvgIpc) is 3.10. The van der Waals surface area contributed by atoms with Crippen LogP contribution in [0.5, 0.6) is 5.75 Å². The smallest absolute Gasteiger partial charge is 0.323 e. The molecule has 1 saturated heterocycles. The SMILES string of the molecule is C=C1NC(=O)C=CN1[C@@H]1O[C@H](COP(=S)(NC(C)C(=O)OC)Oc2cccc3ccccc23)C(O)C1(C)O. The molecule has 0 radical (unpaired) electrons. The topological polar surface area (TPSA) is 139 Å². The normalized spacial score (nSPS) is 27.6. The molecule has 0 aromatic heterocycles. The van der Waals surface area contributed by atoms with Crippen molar-refractivity contribution in [3.8, 4) is 5.75 Å². The minimum absolute atomic E-state index is 0.175. The van der Waals surface area contributed by atoms with Gasteiger partial charge in [0.05, 0.1) is 13.7 Å². The summed E-state index contributed by atoms with van der Waals surface area (Å²) in [6.45, 7) is 3.00. The zero-order valence-corrected chi connectivity index (χ0v) is 22.8. The Morgan fingerprint density at radius 1 is 1.34 bits per heavy atom. The number of benzene rings is 2. The van der Waals surface area contributed by atoms with E-state index in [1.807, 2.05) is 36.4 Å². The molecule has 0 saturated carbocycles. The first-order valence-electron chi connectivity index (χ1n) is 11.7. The first kappa shape index (κ1) is 28.2. The third kappa shape index (κ3) is 5.76. The van der Waals surface area contributed by atoms with E-state index in [0.29, 0.717) is 5.75 Å². The van der Waals surface area contributed by atoms with Crippen molar-refractivity contribution in [1.82, 2.24) is 15.3 Å². The van der Waals surface area contributed by atoms with Crippen molar-refractivity contribution in [2.24, 2.45) is 0 Å². The number of aliphatic hydroxyl groups excluding tert-OH is 1. The van der Waals surface area contributed by atoms with Gasteiger partial charge in [0.25, 0.3) is 5.91 Å². The first-order valence-corrected chi connectivity index (χ1v) is 14.4. The maximum Gasteiger partial charge on any atom is 0.323 e. The molecule has 0 bridgehead atoms. The van der Waals surface area contributed by atoms with E-state index in [2.05, 4.69) is 17.0 Å². The molecule has 2 aromatic carbocycles. The second-order valence-corrected chi connectivity index (χ2v) is 12.2. The van der Waals surface area contributed by atoms with E-state index in [-0.39, 0.29) is 18.3 Å². The van der Waals surface area contributed by atoms with Crippen LogP contribution in [0.3, 0.4) is 0 Å². The number of ether oxygens (including phenoxy) is 2. The quantitative estimate of drug-likeness (QED) is 0.263. The first-order chi connectivity index (χ1) is 17.9. The second-order valence-electron chi connectivity index (χ2n) is 9.09. The number of fused-ring (bicyclic) bond motifs is 1. The number of carbonyl (C=O) groups is 2. The van der Waals surface area contributed by atoms with Crippen molar-refractivity contribution < 1.29 is 38.3 Å². The summed E-state index contributed by atoms with van der Waals surface area (Å²) in [5.41, 5.74) is -1.77. The van der Waals surface area contributed by atoms with E-state index < -0.39 is 42.7 Å². The predicted molar refractivity (Wildman–Crippen MR) is 143 cm³/mol. The van der Waals surface area contributed by atoms with Crippen LogP contribution in [0.25, 0.3) is 10.8 Å². The number of hydrogen-bond donors (Lipinski definition) is 4. The number of amides is 1. The highest BCUT2D eigenvalue weighted by molar-refractivity contribution is 8.09. The highest BCUT2D eigenvalue weighted by Gasteiger charge is 2.55. The molecule has 4 N–H and O–H groups in total. The number of rotatable bonds is 9. The molecule has 4 unspecified atom stereocenters. The van der Waals surface area contributed by atoms with Crippen LogP contribution in [0.1, 0.15) is 13.8 Å². The van der Waals surface area contributed by atoms with Crippen molar-refractivity contribution in [3.63, 3.8) is 0 Å². The molecule has 13 heteroatoms. The van der Waals surface area contributed by atoms with Crippen molar-refractivity contribution in [2.45, 2.75) is 43.9 Å². The fourth-order valence-corrected chi connectivity index (χ4v) is 6.64. The van der Waals surface area contributed by atoms with Gasteiger partial charge in [-0.1, -0.05) is 43.0 Å². The summed E-state index contributed by atoms with van der Waals surface area (Å²) in [7, 11) is 1.26. The number of esters is 1. The van der Waals surface area contributed by atoms with Crippen LogP contribution in [0.15, 0.2) is 67.1 Å². The Labute approximate surface area is 225 Å². The minimum Gasteiger partial charge on any atom is -0.468 e. The largest absolute Gasteiger partial charge is 0.468 e. The van der Waals surface area contributed by atoms with Gasteiger partial charge in [0, 0.05) is 17.7 Å². The van der Waals surface area contributed by atoms with Crippen molar-refractivity contribution in [2.75, 3.05) is 13.7 Å². The van der Waals surface area contributed by atoms with Gasteiger partial charge in [0.15, 0.2) is 6.23 Å². The van der Waals surface area contributed by atoms with Gasteiger partial charge in [-0.05, 0) is 37.1 Å². The van der Waals surface area contributed by atoms with Gasteiger partial charge in [-0.25, -0.2) is 5.09 Å². The van der Waals surface area contributed by atoms with Crippen molar-refractivity contribution in [1.29, 1.82) is 0 Å². The standard InChI is InChI=1S/C25H30N3O8PS/c1-15(23(31)33-4)27-37(38,36-19-11-7-9-17-8-5-6-10-18(17)19)34-14-20-22(30)25(3,32)24(35-20)28-13-12-21(29)26-16(28)2/h5-13,15,20,22,24,30,32H,2,14H2,1,3-4H3,(H,26,29)(H,27,38)/t15?,20-,22?,24-,25?,37?/m1/s1. The van der Waals surface area contributed by atoms with E-state index in [0.717, 1.165) is 10.8 Å². The molecule has 0 aliphatic carbocycles. The fraction of sp³-hybridized carbons (Fsp3) is 0.360. The van der Waals surface area contributed by atoms with Crippen LogP contribution in [-0.2, 0) is 35.4 Å². The lowest BCUT2D eigenvalue weighted by atomic mass is 9.96. The van der Waals surface area contributed by atoms with Crippen LogP contribution in [0, 0.1) is 0 Å². The van der Waals surface area contributed by atoms with Gasteiger partial charge in [-0.2, -0.15) is 0 Å². The Morgan fingerprint density at radius 2 is 2.05 bits per heavy atom. The third-order valence-electron chi connectivity index (χ3n) is 6.26. The number of nitrogens with one attached hydrogen (secondary N) is 2. The molecule has 1 amide bonds. The minimum atomic E-state index is -3.45. The van der Waals surface area contributed by atoms with Crippen molar-refractivity contribution in [3.05, 3.63) is 67.1 Å². The Hall–Kier alpha value is -2.83. The van der Waals surface area contributed by atoms with E-state index >= 15 is 0 Å². The maximum absolute atomic E-state index is 12.2. The molecule has 11 nitrogen and oxygen atoms in total. The number of methoxy groups -OCH3 is 1. The molecule has 4 rings (SSSR count). The van der Waals surface area contributed by atoms with Crippen LogP contribution < -0.4 is 14.9 Å².